The van der Waals surface area contributed by atoms with Gasteiger partial charge in [-0.25, -0.2) is 9.59 Å². The lowest BCUT2D eigenvalue weighted by molar-refractivity contribution is 0.0696. The summed E-state index contributed by atoms with van der Waals surface area (Å²) in [6, 6.07) is 6.75. The van der Waals surface area contributed by atoms with Crippen LogP contribution in [0.3, 0.4) is 0 Å². The molecule has 0 aromatic heterocycles. The van der Waals surface area contributed by atoms with Gasteiger partial charge in [0, 0.05) is 12.6 Å². The average molecular weight is 275 g/mol. The summed E-state index contributed by atoms with van der Waals surface area (Å²) in [5.74, 6) is -0.957. The van der Waals surface area contributed by atoms with E-state index >= 15 is 0 Å². The predicted molar refractivity (Wildman–Crippen MR) is 73.5 cm³/mol. The fourth-order valence-corrected chi connectivity index (χ4v) is 1.89. The van der Waals surface area contributed by atoms with E-state index in [1.807, 2.05) is 0 Å². The number of aromatic carboxylic acids is 1. The molecule has 0 spiro atoms. The van der Waals surface area contributed by atoms with Crippen molar-refractivity contribution in [1.29, 1.82) is 0 Å². The molecule has 0 atom stereocenters. The number of nitrogens with zero attached hydrogens (tertiary/aromatic N) is 1. The highest BCUT2D eigenvalue weighted by molar-refractivity contribution is 5.87. The number of benzene rings is 1. The third kappa shape index (κ3) is 3.60. The Labute approximate surface area is 117 Å². The number of carbonyl (C=O) groups is 2. The van der Waals surface area contributed by atoms with Gasteiger partial charge >= 0.3 is 12.1 Å². The first-order chi connectivity index (χ1) is 9.61. The summed E-state index contributed by atoms with van der Waals surface area (Å²) in [4.78, 5) is 24.4. The Kier molecular flexibility index (Phi) is 4.40. The van der Waals surface area contributed by atoms with Crippen LogP contribution in [-0.2, 0) is 11.3 Å². The molecular weight excluding hydrogens is 258 g/mol. The Balaban J connectivity index is 2.02. The monoisotopic (exact) mass is 275 g/mol. The van der Waals surface area contributed by atoms with Gasteiger partial charge in [-0.05, 0) is 30.5 Å². The summed E-state index contributed by atoms with van der Waals surface area (Å²) in [5.41, 5.74) is 1.12. The number of amides is 1. The van der Waals surface area contributed by atoms with Crippen LogP contribution in [0.2, 0.25) is 0 Å². The Morgan fingerprint density at radius 3 is 2.50 bits per heavy atom. The highest BCUT2D eigenvalue weighted by atomic mass is 16.6. The zero-order valence-electron chi connectivity index (χ0n) is 11.1. The molecule has 2 rings (SSSR count). The van der Waals surface area contributed by atoms with E-state index < -0.39 is 5.97 Å². The smallest absolute Gasteiger partial charge is 0.410 e. The normalized spacial score (nSPS) is 13.6. The molecular formula is C15H17NO4. The van der Waals surface area contributed by atoms with Crippen LogP contribution in [0, 0.1) is 0 Å². The number of rotatable bonds is 6. The third-order valence-corrected chi connectivity index (χ3v) is 3.10. The van der Waals surface area contributed by atoms with Gasteiger partial charge in [-0.1, -0.05) is 24.8 Å². The quantitative estimate of drug-likeness (QED) is 0.810. The van der Waals surface area contributed by atoms with E-state index in [-0.39, 0.29) is 24.3 Å². The molecule has 1 saturated carbocycles. The molecule has 0 radical (unpaired) electrons. The summed E-state index contributed by atoms with van der Waals surface area (Å²) in [5, 5.41) is 8.85. The molecule has 1 aromatic carbocycles. The van der Waals surface area contributed by atoms with Crippen LogP contribution >= 0.6 is 0 Å². The lowest BCUT2D eigenvalue weighted by Crippen LogP contribution is -2.33. The number of carboxylic acids is 1. The zero-order valence-corrected chi connectivity index (χ0v) is 11.1. The molecule has 5 heteroatoms. The largest absolute Gasteiger partial charge is 0.478 e. The Bertz CT molecular complexity index is 505. The minimum Gasteiger partial charge on any atom is -0.478 e. The molecule has 20 heavy (non-hydrogen) atoms. The second-order valence-corrected chi connectivity index (χ2v) is 4.73. The lowest BCUT2D eigenvalue weighted by Gasteiger charge is -2.21. The second-order valence-electron chi connectivity index (χ2n) is 4.73. The SMILES string of the molecule is C=CCOC(=O)N(Cc1ccc(C(=O)O)cc1)C1CC1. The number of ether oxygens (including phenoxy) is 1. The maximum atomic E-state index is 11.9. The molecule has 0 unspecified atom stereocenters. The number of hydrogen-bond donors (Lipinski definition) is 1. The van der Waals surface area contributed by atoms with E-state index in [0.717, 1.165) is 18.4 Å². The van der Waals surface area contributed by atoms with Gasteiger partial charge in [-0.15, -0.1) is 0 Å². The van der Waals surface area contributed by atoms with Gasteiger partial charge in [0.1, 0.15) is 6.61 Å². The standard InChI is InChI=1S/C15H17NO4/c1-2-9-20-15(19)16(13-7-8-13)10-11-3-5-12(6-4-11)14(17)18/h2-6,13H,1,7-10H2,(H,17,18). The van der Waals surface area contributed by atoms with Crippen molar-refractivity contribution in [3.05, 3.63) is 48.0 Å². The fourth-order valence-electron chi connectivity index (χ4n) is 1.89. The van der Waals surface area contributed by atoms with Gasteiger partial charge in [0.25, 0.3) is 0 Å². The molecule has 1 aliphatic rings. The number of carboxylic acid groups (broad SMARTS) is 1. The van der Waals surface area contributed by atoms with Crippen molar-refractivity contribution < 1.29 is 19.4 Å². The molecule has 0 aliphatic heterocycles. The van der Waals surface area contributed by atoms with Crippen molar-refractivity contribution in [2.75, 3.05) is 6.61 Å². The van der Waals surface area contributed by atoms with Gasteiger partial charge in [0.05, 0.1) is 5.56 Å². The van der Waals surface area contributed by atoms with Crippen molar-refractivity contribution in [3.63, 3.8) is 0 Å². The number of hydrogen-bond acceptors (Lipinski definition) is 3. The molecule has 0 saturated heterocycles. The molecule has 5 nitrogen and oxygen atoms in total. The van der Waals surface area contributed by atoms with Crippen LogP contribution in [0.4, 0.5) is 4.79 Å². The average Bonchev–Trinajstić information content (AvgIpc) is 3.27. The first kappa shape index (κ1) is 14.1. The first-order valence-corrected chi connectivity index (χ1v) is 6.48. The van der Waals surface area contributed by atoms with E-state index in [1.54, 1.807) is 17.0 Å². The second kappa shape index (κ2) is 6.23. The van der Waals surface area contributed by atoms with Gasteiger partial charge in [0.15, 0.2) is 0 Å². The van der Waals surface area contributed by atoms with Crippen LogP contribution in [-0.4, -0.2) is 34.7 Å². The number of carbonyl (C=O) groups excluding carboxylic acids is 1. The van der Waals surface area contributed by atoms with E-state index in [4.69, 9.17) is 9.84 Å². The van der Waals surface area contributed by atoms with Gasteiger partial charge < -0.3 is 14.7 Å². The molecule has 106 valence electrons. The first-order valence-electron chi connectivity index (χ1n) is 6.48. The van der Waals surface area contributed by atoms with E-state index in [9.17, 15) is 9.59 Å². The zero-order chi connectivity index (χ0) is 14.5. The fraction of sp³-hybridized carbons (Fsp3) is 0.333. The topological polar surface area (TPSA) is 66.8 Å². The summed E-state index contributed by atoms with van der Waals surface area (Å²) in [6.45, 7) is 4.14. The minimum absolute atomic E-state index is 0.194. The van der Waals surface area contributed by atoms with Crippen LogP contribution in [0.25, 0.3) is 0 Å². The molecule has 0 heterocycles. The maximum absolute atomic E-state index is 11.9. The lowest BCUT2D eigenvalue weighted by atomic mass is 10.1. The van der Waals surface area contributed by atoms with Crippen LogP contribution in [0.1, 0.15) is 28.8 Å². The summed E-state index contributed by atoms with van der Waals surface area (Å²) < 4.78 is 5.06. The summed E-state index contributed by atoms with van der Waals surface area (Å²) in [6.07, 6.45) is 3.15. The molecule has 0 bridgehead atoms. The van der Waals surface area contributed by atoms with E-state index in [2.05, 4.69) is 6.58 Å². The van der Waals surface area contributed by atoms with Gasteiger partial charge in [-0.2, -0.15) is 0 Å². The van der Waals surface area contributed by atoms with E-state index in [1.165, 1.54) is 18.2 Å². The van der Waals surface area contributed by atoms with Crippen LogP contribution < -0.4 is 0 Å². The van der Waals surface area contributed by atoms with Crippen LogP contribution in [0.5, 0.6) is 0 Å². The summed E-state index contributed by atoms with van der Waals surface area (Å²) >= 11 is 0. The van der Waals surface area contributed by atoms with Crippen molar-refractivity contribution in [3.8, 4) is 0 Å². The van der Waals surface area contributed by atoms with Gasteiger partial charge in [-0.3, -0.25) is 0 Å². The van der Waals surface area contributed by atoms with Crippen molar-refractivity contribution >= 4 is 12.1 Å². The highest BCUT2D eigenvalue weighted by Crippen LogP contribution is 2.29. The molecule has 1 aromatic rings. The Morgan fingerprint density at radius 2 is 2.00 bits per heavy atom. The van der Waals surface area contributed by atoms with E-state index in [0.29, 0.717) is 6.54 Å². The minimum atomic E-state index is -0.957. The maximum Gasteiger partial charge on any atom is 0.410 e. The molecule has 1 amide bonds. The Hall–Kier alpha value is -2.30. The van der Waals surface area contributed by atoms with Crippen molar-refractivity contribution in [1.82, 2.24) is 4.90 Å². The highest BCUT2D eigenvalue weighted by Gasteiger charge is 2.33. The Morgan fingerprint density at radius 1 is 1.35 bits per heavy atom. The van der Waals surface area contributed by atoms with Gasteiger partial charge in [0.2, 0.25) is 0 Å². The van der Waals surface area contributed by atoms with Crippen molar-refractivity contribution in [2.24, 2.45) is 0 Å². The predicted octanol–water partition coefficient (Wildman–Crippen LogP) is 2.67. The molecule has 1 N–H and O–H groups in total. The summed E-state index contributed by atoms with van der Waals surface area (Å²) in [7, 11) is 0. The molecule has 1 fully saturated rings. The third-order valence-electron chi connectivity index (χ3n) is 3.10. The van der Waals surface area contributed by atoms with Crippen molar-refractivity contribution in [2.45, 2.75) is 25.4 Å². The molecule has 1 aliphatic carbocycles. The van der Waals surface area contributed by atoms with Crippen LogP contribution in [0.15, 0.2) is 36.9 Å².